The average molecular weight is 346 g/mol. The van der Waals surface area contributed by atoms with Crippen LogP contribution in [-0.4, -0.2) is 20.6 Å². The summed E-state index contributed by atoms with van der Waals surface area (Å²) in [6.45, 7) is 4.28. The summed E-state index contributed by atoms with van der Waals surface area (Å²) >= 11 is 0. The van der Waals surface area contributed by atoms with E-state index in [2.05, 4.69) is 13.8 Å². The highest BCUT2D eigenvalue weighted by Crippen LogP contribution is 2.22. The third-order valence-electron chi connectivity index (χ3n) is 3.89. The number of hydrogen-bond acceptors (Lipinski definition) is 4. The van der Waals surface area contributed by atoms with Gasteiger partial charge >= 0.3 is 5.97 Å². The zero-order valence-electron chi connectivity index (χ0n) is 14.2. The molecular formula is C19H22O4S. The van der Waals surface area contributed by atoms with Crippen molar-refractivity contribution >= 4 is 15.8 Å². The Kier molecular flexibility index (Phi) is 5.78. The van der Waals surface area contributed by atoms with Crippen LogP contribution < -0.4 is 4.74 Å². The van der Waals surface area contributed by atoms with E-state index in [1.807, 2.05) is 12.1 Å². The lowest BCUT2D eigenvalue weighted by molar-refractivity contribution is 0.0734. The summed E-state index contributed by atoms with van der Waals surface area (Å²) in [5.74, 6) is 0.459. The van der Waals surface area contributed by atoms with Crippen LogP contribution in [0.25, 0.3) is 0 Å². The Balaban J connectivity index is 2.04. The molecule has 0 fully saturated rings. The van der Waals surface area contributed by atoms with Gasteiger partial charge in [-0.1, -0.05) is 38.1 Å². The third kappa shape index (κ3) is 5.20. The zero-order chi connectivity index (χ0) is 17.7. The average Bonchev–Trinajstić information content (AvgIpc) is 2.54. The predicted molar refractivity (Wildman–Crippen MR) is 95.1 cm³/mol. The van der Waals surface area contributed by atoms with Crippen LogP contribution in [0.15, 0.2) is 48.5 Å². The maximum absolute atomic E-state index is 12.1. The van der Waals surface area contributed by atoms with E-state index in [1.165, 1.54) is 11.8 Å². The number of hydrogen-bond donors (Lipinski definition) is 0. The molecule has 0 saturated carbocycles. The van der Waals surface area contributed by atoms with Gasteiger partial charge in [0.25, 0.3) is 0 Å². The van der Waals surface area contributed by atoms with Crippen molar-refractivity contribution in [3.05, 3.63) is 65.2 Å². The van der Waals surface area contributed by atoms with Crippen LogP contribution in [0.5, 0.6) is 5.75 Å². The number of rotatable bonds is 6. The Morgan fingerprint density at radius 2 is 1.62 bits per heavy atom. The van der Waals surface area contributed by atoms with Gasteiger partial charge in [-0.15, -0.1) is 0 Å². The van der Waals surface area contributed by atoms with Crippen molar-refractivity contribution in [1.82, 2.24) is 0 Å². The maximum Gasteiger partial charge on any atom is 0.343 e. The van der Waals surface area contributed by atoms with Crippen LogP contribution in [0.4, 0.5) is 0 Å². The van der Waals surface area contributed by atoms with Gasteiger partial charge in [0.15, 0.2) is 9.84 Å². The Morgan fingerprint density at radius 1 is 1.04 bits per heavy atom. The van der Waals surface area contributed by atoms with Crippen molar-refractivity contribution in [1.29, 1.82) is 0 Å². The molecule has 0 unspecified atom stereocenters. The minimum Gasteiger partial charge on any atom is -0.423 e. The molecule has 0 saturated heterocycles. The fourth-order valence-corrected chi connectivity index (χ4v) is 3.10. The quantitative estimate of drug-likeness (QED) is 0.587. The fourth-order valence-electron chi connectivity index (χ4n) is 2.31. The Hall–Kier alpha value is -2.14. The summed E-state index contributed by atoms with van der Waals surface area (Å²) in [7, 11) is -3.09. The summed E-state index contributed by atoms with van der Waals surface area (Å²) in [5.41, 5.74) is 2.24. The van der Waals surface area contributed by atoms with Crippen LogP contribution >= 0.6 is 0 Å². The molecule has 4 nitrogen and oxygen atoms in total. The van der Waals surface area contributed by atoms with E-state index in [0.29, 0.717) is 22.8 Å². The van der Waals surface area contributed by atoms with Gasteiger partial charge in [0.05, 0.1) is 11.3 Å². The molecule has 0 aromatic heterocycles. The summed E-state index contributed by atoms with van der Waals surface area (Å²) in [6, 6.07) is 13.9. The lowest BCUT2D eigenvalue weighted by Crippen LogP contribution is -2.09. The van der Waals surface area contributed by atoms with Gasteiger partial charge in [0, 0.05) is 6.26 Å². The lowest BCUT2D eigenvalue weighted by Gasteiger charge is -2.10. The molecule has 0 aliphatic heterocycles. The smallest absolute Gasteiger partial charge is 0.343 e. The molecule has 2 rings (SSSR count). The molecule has 5 heteroatoms. The number of sulfone groups is 1. The molecule has 0 radical (unpaired) electrons. The Morgan fingerprint density at radius 3 is 2.12 bits per heavy atom. The minimum absolute atomic E-state index is 0.0423. The second-order valence-electron chi connectivity index (χ2n) is 6.03. The molecule has 1 atom stereocenters. The zero-order valence-corrected chi connectivity index (χ0v) is 15.0. The van der Waals surface area contributed by atoms with Crippen LogP contribution in [0, 0.1) is 0 Å². The Labute approximate surface area is 143 Å². The minimum atomic E-state index is -3.09. The predicted octanol–water partition coefficient (Wildman–Crippen LogP) is 3.96. The lowest BCUT2D eigenvalue weighted by atomic mass is 9.99. The standard InChI is InChI=1S/C19H22O4S/c1-4-14(2)16-9-11-18(12-10-16)23-19(20)17-7-5-15(6-8-17)13-24(3,21)22/h5-12,14H,4,13H2,1-3H3/t14-/m0/s1. The molecule has 2 aromatic carbocycles. The van der Waals surface area contributed by atoms with Crippen molar-refractivity contribution in [2.75, 3.05) is 6.26 Å². The number of esters is 1. The second kappa shape index (κ2) is 7.62. The number of ether oxygens (including phenoxy) is 1. The van der Waals surface area contributed by atoms with Crippen LogP contribution in [0.2, 0.25) is 0 Å². The summed E-state index contributed by atoms with van der Waals surface area (Å²) in [5, 5.41) is 0. The van der Waals surface area contributed by atoms with E-state index in [9.17, 15) is 13.2 Å². The van der Waals surface area contributed by atoms with Crippen LogP contribution in [-0.2, 0) is 15.6 Å². The van der Waals surface area contributed by atoms with Crippen molar-refractivity contribution < 1.29 is 17.9 Å². The molecule has 0 spiro atoms. The van der Waals surface area contributed by atoms with Gasteiger partial charge < -0.3 is 4.74 Å². The van der Waals surface area contributed by atoms with Gasteiger partial charge in [-0.2, -0.15) is 0 Å². The molecule has 0 amide bonds. The van der Waals surface area contributed by atoms with Crippen molar-refractivity contribution in [2.45, 2.75) is 31.9 Å². The van der Waals surface area contributed by atoms with Crippen molar-refractivity contribution in [2.24, 2.45) is 0 Å². The van der Waals surface area contributed by atoms with Crippen LogP contribution in [0.1, 0.15) is 47.7 Å². The monoisotopic (exact) mass is 346 g/mol. The topological polar surface area (TPSA) is 60.4 Å². The van der Waals surface area contributed by atoms with E-state index in [4.69, 9.17) is 4.74 Å². The van der Waals surface area contributed by atoms with Gasteiger partial charge in [0.2, 0.25) is 0 Å². The van der Waals surface area contributed by atoms with E-state index >= 15 is 0 Å². The van der Waals surface area contributed by atoms with Gasteiger partial charge in [0.1, 0.15) is 5.75 Å². The van der Waals surface area contributed by atoms with Crippen molar-refractivity contribution in [3.8, 4) is 5.75 Å². The van der Waals surface area contributed by atoms with Gasteiger partial charge in [-0.05, 0) is 47.7 Å². The van der Waals surface area contributed by atoms with E-state index < -0.39 is 15.8 Å². The molecule has 0 N–H and O–H groups in total. The fraction of sp³-hybridized carbons (Fsp3) is 0.316. The Bertz CT molecular complexity index is 790. The number of benzene rings is 2. The highest BCUT2D eigenvalue weighted by molar-refractivity contribution is 7.89. The first-order chi connectivity index (χ1) is 11.3. The highest BCUT2D eigenvalue weighted by Gasteiger charge is 2.11. The molecular weight excluding hydrogens is 324 g/mol. The molecule has 128 valence electrons. The van der Waals surface area contributed by atoms with Crippen LogP contribution in [0.3, 0.4) is 0 Å². The first-order valence-electron chi connectivity index (χ1n) is 7.87. The first kappa shape index (κ1) is 18.2. The summed E-state index contributed by atoms with van der Waals surface area (Å²) in [6.07, 6.45) is 2.23. The molecule has 24 heavy (non-hydrogen) atoms. The van der Waals surface area contributed by atoms with Crippen molar-refractivity contribution in [3.63, 3.8) is 0 Å². The van der Waals surface area contributed by atoms with Gasteiger partial charge in [-0.25, -0.2) is 13.2 Å². The largest absolute Gasteiger partial charge is 0.423 e. The number of carbonyl (C=O) groups is 1. The summed E-state index contributed by atoms with van der Waals surface area (Å²) in [4.78, 5) is 12.1. The van der Waals surface area contributed by atoms with Gasteiger partial charge in [-0.3, -0.25) is 0 Å². The molecule has 0 aliphatic rings. The highest BCUT2D eigenvalue weighted by atomic mass is 32.2. The molecule has 0 heterocycles. The first-order valence-corrected chi connectivity index (χ1v) is 9.93. The summed E-state index contributed by atoms with van der Waals surface area (Å²) < 4.78 is 27.9. The molecule has 0 bridgehead atoms. The molecule has 2 aromatic rings. The maximum atomic E-state index is 12.1. The normalized spacial score (nSPS) is 12.6. The number of carbonyl (C=O) groups excluding carboxylic acids is 1. The molecule has 0 aliphatic carbocycles. The SMILES string of the molecule is CC[C@H](C)c1ccc(OC(=O)c2ccc(CS(C)(=O)=O)cc2)cc1. The second-order valence-corrected chi connectivity index (χ2v) is 8.18. The third-order valence-corrected chi connectivity index (χ3v) is 4.75. The van der Waals surface area contributed by atoms with E-state index in [0.717, 1.165) is 6.42 Å². The van der Waals surface area contributed by atoms with E-state index in [1.54, 1.807) is 36.4 Å². The van der Waals surface area contributed by atoms with E-state index in [-0.39, 0.29) is 5.75 Å².